The quantitative estimate of drug-likeness (QED) is 0.700. The summed E-state index contributed by atoms with van der Waals surface area (Å²) in [6.07, 6.45) is 0. The minimum Gasteiger partial charge on any atom is -0.497 e. The van der Waals surface area contributed by atoms with E-state index in [4.69, 9.17) is 9.47 Å². The molecular weight excluding hydrogens is 316 g/mol. The number of nitrogens with one attached hydrogen (secondary N) is 2. The molecule has 1 aromatic heterocycles. The van der Waals surface area contributed by atoms with E-state index in [0.29, 0.717) is 17.5 Å². The number of hydrogen-bond acceptors (Lipinski definition) is 6. The summed E-state index contributed by atoms with van der Waals surface area (Å²) >= 11 is 0. The van der Waals surface area contributed by atoms with Crippen LogP contribution in [0, 0.1) is 6.92 Å². The largest absolute Gasteiger partial charge is 0.497 e. The molecule has 1 heterocycles. The molecule has 3 aromatic rings. The number of para-hydroxylation sites is 1. The van der Waals surface area contributed by atoms with Gasteiger partial charge in [0.05, 0.1) is 19.9 Å². The van der Waals surface area contributed by atoms with Crippen molar-refractivity contribution in [2.45, 2.75) is 6.92 Å². The topological polar surface area (TPSA) is 68.3 Å². The van der Waals surface area contributed by atoms with E-state index in [9.17, 15) is 0 Å². The summed E-state index contributed by atoms with van der Waals surface area (Å²) in [4.78, 5) is 8.95. The standard InChI is InChI=1S/C19H20N4O2/c1-13-11-18(22-16-10-9-15(24-2)12-17(16)25-3)23-19(20-13)21-14-7-5-4-6-8-14/h4-12H,1-3H3,(H2,20,21,22,23). The van der Waals surface area contributed by atoms with Gasteiger partial charge >= 0.3 is 0 Å². The van der Waals surface area contributed by atoms with Crippen molar-refractivity contribution in [1.82, 2.24) is 9.97 Å². The van der Waals surface area contributed by atoms with Gasteiger partial charge in [0, 0.05) is 23.5 Å². The molecule has 25 heavy (non-hydrogen) atoms. The zero-order chi connectivity index (χ0) is 17.6. The first kappa shape index (κ1) is 16.6. The molecule has 6 heteroatoms. The molecule has 3 rings (SSSR count). The molecule has 0 saturated carbocycles. The highest BCUT2D eigenvalue weighted by Crippen LogP contribution is 2.31. The van der Waals surface area contributed by atoms with Crippen LogP contribution in [0.5, 0.6) is 11.5 Å². The molecule has 0 unspecified atom stereocenters. The lowest BCUT2D eigenvalue weighted by Gasteiger charge is -2.13. The second kappa shape index (κ2) is 7.53. The van der Waals surface area contributed by atoms with Crippen molar-refractivity contribution in [3.8, 4) is 11.5 Å². The summed E-state index contributed by atoms with van der Waals surface area (Å²) in [5.41, 5.74) is 2.58. The van der Waals surface area contributed by atoms with Gasteiger partial charge in [0.25, 0.3) is 0 Å². The molecule has 0 fully saturated rings. The first-order chi connectivity index (χ1) is 12.2. The van der Waals surface area contributed by atoms with Gasteiger partial charge in [-0.15, -0.1) is 0 Å². The number of anilines is 4. The van der Waals surface area contributed by atoms with Gasteiger partial charge in [-0.1, -0.05) is 18.2 Å². The lowest BCUT2D eigenvalue weighted by atomic mass is 10.2. The van der Waals surface area contributed by atoms with Crippen molar-refractivity contribution in [3.63, 3.8) is 0 Å². The molecule has 128 valence electrons. The van der Waals surface area contributed by atoms with Gasteiger partial charge in [-0.25, -0.2) is 4.98 Å². The lowest BCUT2D eigenvalue weighted by Crippen LogP contribution is -2.03. The van der Waals surface area contributed by atoms with Crippen molar-refractivity contribution in [2.24, 2.45) is 0 Å². The summed E-state index contributed by atoms with van der Waals surface area (Å²) < 4.78 is 10.6. The molecule has 0 aliphatic heterocycles. The Hall–Kier alpha value is -3.28. The molecule has 2 N–H and O–H groups in total. The second-order valence-corrected chi connectivity index (χ2v) is 5.40. The number of methoxy groups -OCH3 is 2. The number of ether oxygens (including phenoxy) is 2. The van der Waals surface area contributed by atoms with E-state index < -0.39 is 0 Å². The van der Waals surface area contributed by atoms with Crippen molar-refractivity contribution >= 4 is 23.1 Å². The third-order valence-corrected chi connectivity index (χ3v) is 3.56. The Kier molecular flexibility index (Phi) is 4.99. The Morgan fingerprint density at radius 3 is 2.36 bits per heavy atom. The van der Waals surface area contributed by atoms with Crippen molar-refractivity contribution in [3.05, 3.63) is 60.3 Å². The van der Waals surface area contributed by atoms with Crippen LogP contribution in [0.2, 0.25) is 0 Å². The average molecular weight is 336 g/mol. The molecule has 0 atom stereocenters. The number of rotatable bonds is 6. The van der Waals surface area contributed by atoms with Gasteiger partial charge in [-0.3, -0.25) is 0 Å². The Morgan fingerprint density at radius 2 is 1.64 bits per heavy atom. The van der Waals surface area contributed by atoms with Crippen LogP contribution in [0.25, 0.3) is 0 Å². The fourth-order valence-corrected chi connectivity index (χ4v) is 2.38. The highest BCUT2D eigenvalue weighted by atomic mass is 16.5. The summed E-state index contributed by atoms with van der Waals surface area (Å²) in [5, 5.41) is 6.47. The van der Waals surface area contributed by atoms with Crippen LogP contribution in [0.1, 0.15) is 5.69 Å². The monoisotopic (exact) mass is 336 g/mol. The van der Waals surface area contributed by atoms with E-state index in [1.165, 1.54) is 0 Å². The Labute approximate surface area is 146 Å². The smallest absolute Gasteiger partial charge is 0.229 e. The molecular formula is C19H20N4O2. The normalized spacial score (nSPS) is 10.2. The van der Waals surface area contributed by atoms with Crippen molar-refractivity contribution < 1.29 is 9.47 Å². The van der Waals surface area contributed by atoms with Gasteiger partial charge in [-0.05, 0) is 31.2 Å². The average Bonchev–Trinajstić information content (AvgIpc) is 2.62. The maximum absolute atomic E-state index is 5.41. The van der Waals surface area contributed by atoms with Crippen LogP contribution in [-0.4, -0.2) is 24.2 Å². The van der Waals surface area contributed by atoms with Crippen LogP contribution in [0.3, 0.4) is 0 Å². The highest BCUT2D eigenvalue weighted by Gasteiger charge is 2.08. The summed E-state index contributed by atoms with van der Waals surface area (Å²) in [5.74, 6) is 2.61. The number of aryl methyl sites for hydroxylation is 1. The fraction of sp³-hybridized carbons (Fsp3) is 0.158. The van der Waals surface area contributed by atoms with E-state index in [1.54, 1.807) is 14.2 Å². The maximum atomic E-state index is 5.41. The SMILES string of the molecule is COc1ccc(Nc2cc(C)nc(Nc3ccccc3)n2)c(OC)c1. The second-order valence-electron chi connectivity index (χ2n) is 5.40. The van der Waals surface area contributed by atoms with Crippen molar-refractivity contribution in [1.29, 1.82) is 0 Å². The molecule has 0 aliphatic carbocycles. The molecule has 0 radical (unpaired) electrons. The predicted octanol–water partition coefficient (Wildman–Crippen LogP) is 4.29. The Balaban J connectivity index is 1.86. The molecule has 0 aliphatic rings. The fourth-order valence-electron chi connectivity index (χ4n) is 2.38. The Bertz CT molecular complexity index is 853. The first-order valence-corrected chi connectivity index (χ1v) is 7.85. The zero-order valence-corrected chi connectivity index (χ0v) is 14.4. The summed E-state index contributed by atoms with van der Waals surface area (Å²) in [7, 11) is 3.24. The Morgan fingerprint density at radius 1 is 0.840 bits per heavy atom. The lowest BCUT2D eigenvalue weighted by molar-refractivity contribution is 0.395. The van der Waals surface area contributed by atoms with Gasteiger partial charge in [0.15, 0.2) is 0 Å². The molecule has 6 nitrogen and oxygen atoms in total. The van der Waals surface area contributed by atoms with E-state index >= 15 is 0 Å². The van der Waals surface area contributed by atoms with Gasteiger partial charge < -0.3 is 20.1 Å². The molecule has 2 aromatic carbocycles. The summed E-state index contributed by atoms with van der Waals surface area (Å²) in [6, 6.07) is 17.3. The van der Waals surface area contributed by atoms with Gasteiger partial charge in [0.2, 0.25) is 5.95 Å². The highest BCUT2D eigenvalue weighted by molar-refractivity contribution is 5.67. The van der Waals surface area contributed by atoms with Crippen LogP contribution in [-0.2, 0) is 0 Å². The maximum Gasteiger partial charge on any atom is 0.229 e. The van der Waals surface area contributed by atoms with Crippen LogP contribution in [0.4, 0.5) is 23.1 Å². The van der Waals surface area contributed by atoms with Gasteiger partial charge in [-0.2, -0.15) is 4.98 Å². The molecule has 0 amide bonds. The first-order valence-electron chi connectivity index (χ1n) is 7.85. The number of aromatic nitrogens is 2. The van der Waals surface area contributed by atoms with Gasteiger partial charge in [0.1, 0.15) is 17.3 Å². The van der Waals surface area contributed by atoms with E-state index in [1.807, 2.05) is 61.5 Å². The molecule has 0 spiro atoms. The van der Waals surface area contributed by atoms with E-state index in [2.05, 4.69) is 20.6 Å². The summed E-state index contributed by atoms with van der Waals surface area (Å²) in [6.45, 7) is 1.92. The van der Waals surface area contributed by atoms with E-state index in [-0.39, 0.29) is 0 Å². The van der Waals surface area contributed by atoms with Crippen LogP contribution >= 0.6 is 0 Å². The number of hydrogen-bond donors (Lipinski definition) is 2. The molecule has 0 saturated heterocycles. The number of benzene rings is 2. The molecule has 0 bridgehead atoms. The third-order valence-electron chi connectivity index (χ3n) is 3.56. The predicted molar refractivity (Wildman–Crippen MR) is 99.3 cm³/mol. The minimum atomic E-state index is 0.529. The van der Waals surface area contributed by atoms with Crippen LogP contribution < -0.4 is 20.1 Å². The van der Waals surface area contributed by atoms with E-state index in [0.717, 1.165) is 22.8 Å². The number of nitrogens with zero attached hydrogens (tertiary/aromatic N) is 2. The van der Waals surface area contributed by atoms with Crippen LogP contribution in [0.15, 0.2) is 54.6 Å². The zero-order valence-electron chi connectivity index (χ0n) is 14.4. The van der Waals surface area contributed by atoms with Crippen molar-refractivity contribution in [2.75, 3.05) is 24.9 Å². The third kappa shape index (κ3) is 4.17. The minimum absolute atomic E-state index is 0.529.